The monoisotopic (exact) mass is 365 g/mol. The Balaban J connectivity index is 1.98. The van der Waals surface area contributed by atoms with Gasteiger partial charge in [-0.3, -0.25) is 9.59 Å². The van der Waals surface area contributed by atoms with Crippen molar-refractivity contribution >= 4 is 23.3 Å². The van der Waals surface area contributed by atoms with E-state index in [4.69, 9.17) is 11.6 Å². The Morgan fingerprint density at radius 2 is 2.32 bits per heavy atom. The first-order valence-electron chi connectivity index (χ1n) is 7.88. The molecule has 1 saturated heterocycles. The van der Waals surface area contributed by atoms with Crippen LogP contribution in [0.4, 0.5) is 10.2 Å². The van der Waals surface area contributed by atoms with Gasteiger partial charge in [-0.2, -0.15) is 4.39 Å². The van der Waals surface area contributed by atoms with Gasteiger partial charge in [0.1, 0.15) is 10.8 Å². The van der Waals surface area contributed by atoms with E-state index in [0.717, 1.165) is 12.8 Å². The molecule has 7 nitrogen and oxygen atoms in total. The number of aromatic amines is 1. The molecule has 0 aromatic carbocycles. The number of nitrogens with one attached hydrogen (secondary N) is 2. The zero-order valence-corrected chi connectivity index (χ0v) is 14.3. The van der Waals surface area contributed by atoms with Crippen LogP contribution in [0.2, 0.25) is 5.02 Å². The van der Waals surface area contributed by atoms with Crippen LogP contribution < -0.4 is 15.8 Å². The zero-order chi connectivity index (χ0) is 18.0. The Morgan fingerprint density at radius 3 is 3.04 bits per heavy atom. The summed E-state index contributed by atoms with van der Waals surface area (Å²) in [6, 6.07) is 2.72. The highest BCUT2D eigenvalue weighted by Gasteiger charge is 2.28. The zero-order valence-electron chi connectivity index (χ0n) is 13.6. The van der Waals surface area contributed by atoms with Gasteiger partial charge in [-0.1, -0.05) is 11.6 Å². The van der Waals surface area contributed by atoms with Crippen molar-refractivity contribution in [2.75, 3.05) is 25.0 Å². The van der Waals surface area contributed by atoms with Crippen molar-refractivity contribution in [1.29, 1.82) is 0 Å². The van der Waals surface area contributed by atoms with E-state index in [0.29, 0.717) is 24.5 Å². The normalized spacial score (nSPS) is 17.4. The second-order valence-corrected chi connectivity index (χ2v) is 6.20. The van der Waals surface area contributed by atoms with Crippen molar-refractivity contribution in [2.24, 2.45) is 5.92 Å². The predicted molar refractivity (Wildman–Crippen MR) is 92.1 cm³/mol. The van der Waals surface area contributed by atoms with Crippen molar-refractivity contribution in [3.8, 4) is 11.4 Å². The highest BCUT2D eigenvalue weighted by Crippen LogP contribution is 2.27. The molecule has 2 N–H and O–H groups in total. The summed E-state index contributed by atoms with van der Waals surface area (Å²) < 4.78 is 13.4. The molecule has 1 unspecified atom stereocenters. The minimum atomic E-state index is -0.672. The second-order valence-electron chi connectivity index (χ2n) is 5.82. The van der Waals surface area contributed by atoms with Crippen LogP contribution in [-0.4, -0.2) is 41.0 Å². The Labute approximate surface area is 148 Å². The summed E-state index contributed by atoms with van der Waals surface area (Å²) in [4.78, 5) is 36.4. The number of hydrogen-bond donors (Lipinski definition) is 2. The molecule has 0 saturated carbocycles. The number of amides is 1. The molecule has 1 fully saturated rings. The Morgan fingerprint density at radius 1 is 1.52 bits per heavy atom. The molecule has 9 heteroatoms. The van der Waals surface area contributed by atoms with Crippen LogP contribution in [0.5, 0.6) is 0 Å². The lowest BCUT2D eigenvalue weighted by Gasteiger charge is -2.33. The first-order chi connectivity index (χ1) is 12.0. The predicted octanol–water partition coefficient (Wildman–Crippen LogP) is 1.59. The average Bonchev–Trinajstić information content (AvgIpc) is 2.63. The van der Waals surface area contributed by atoms with Gasteiger partial charge < -0.3 is 15.2 Å². The Bertz CT molecular complexity index is 857. The summed E-state index contributed by atoms with van der Waals surface area (Å²) in [5.41, 5.74) is -0.122. The fourth-order valence-corrected chi connectivity index (χ4v) is 3.14. The molecule has 0 spiro atoms. The summed E-state index contributed by atoms with van der Waals surface area (Å²) in [5.74, 6) is -0.423. The molecule has 3 heterocycles. The van der Waals surface area contributed by atoms with Crippen molar-refractivity contribution in [3.63, 3.8) is 0 Å². The summed E-state index contributed by atoms with van der Waals surface area (Å²) in [5, 5.41) is 2.60. The van der Waals surface area contributed by atoms with Crippen molar-refractivity contribution in [3.05, 3.63) is 39.7 Å². The van der Waals surface area contributed by atoms with E-state index in [9.17, 15) is 14.0 Å². The summed E-state index contributed by atoms with van der Waals surface area (Å²) in [6.07, 6.45) is 2.84. The largest absolute Gasteiger partial charge is 0.359 e. The number of nitrogens with zero attached hydrogens (tertiary/aromatic N) is 3. The smallest absolute Gasteiger partial charge is 0.272 e. The van der Waals surface area contributed by atoms with Gasteiger partial charge in [0, 0.05) is 38.0 Å². The van der Waals surface area contributed by atoms with Gasteiger partial charge in [-0.15, -0.1) is 0 Å². The van der Waals surface area contributed by atoms with Crippen LogP contribution >= 0.6 is 11.6 Å². The van der Waals surface area contributed by atoms with Crippen LogP contribution in [0.1, 0.15) is 12.8 Å². The first-order valence-corrected chi connectivity index (χ1v) is 8.25. The molecule has 1 aliphatic heterocycles. The molecule has 1 amide bonds. The number of carbonyl (C=O) groups excluding carboxylic acids is 1. The molecule has 1 aliphatic rings. The minimum absolute atomic E-state index is 0.0455. The third kappa shape index (κ3) is 3.63. The minimum Gasteiger partial charge on any atom is -0.359 e. The first kappa shape index (κ1) is 17.3. The van der Waals surface area contributed by atoms with E-state index in [-0.39, 0.29) is 22.7 Å². The lowest BCUT2D eigenvalue weighted by molar-refractivity contribution is -0.124. The topological polar surface area (TPSA) is 91.0 Å². The molecule has 3 rings (SSSR count). The van der Waals surface area contributed by atoms with Crippen LogP contribution in [0.25, 0.3) is 11.4 Å². The molecule has 132 valence electrons. The standard InChI is InChI=1S/C16H17ClFN5O2/c1-19-15(24)10-3-2-6-23(8-10)14-12(17)16(25)22-13(21-14)9-4-5-20-11(18)7-9/h4-5,7,10H,2-3,6,8H2,1H3,(H,19,24)(H,21,22,25). The molecule has 0 radical (unpaired) electrons. The molecular weight excluding hydrogens is 349 g/mol. The van der Waals surface area contributed by atoms with E-state index in [1.165, 1.54) is 12.3 Å². The number of hydrogen-bond acceptors (Lipinski definition) is 5. The van der Waals surface area contributed by atoms with E-state index >= 15 is 0 Å². The maximum atomic E-state index is 13.4. The number of rotatable bonds is 3. The fraction of sp³-hybridized carbons (Fsp3) is 0.375. The third-order valence-electron chi connectivity index (χ3n) is 4.18. The molecule has 25 heavy (non-hydrogen) atoms. The van der Waals surface area contributed by atoms with Crippen molar-refractivity contribution in [1.82, 2.24) is 20.3 Å². The van der Waals surface area contributed by atoms with E-state index in [2.05, 4.69) is 20.3 Å². The Hall–Kier alpha value is -2.48. The number of anilines is 1. The van der Waals surface area contributed by atoms with Gasteiger partial charge in [0.2, 0.25) is 11.9 Å². The molecule has 0 aliphatic carbocycles. The lowest BCUT2D eigenvalue weighted by atomic mass is 9.97. The summed E-state index contributed by atoms with van der Waals surface area (Å²) in [7, 11) is 1.59. The van der Waals surface area contributed by atoms with Crippen molar-refractivity contribution in [2.45, 2.75) is 12.8 Å². The van der Waals surface area contributed by atoms with E-state index < -0.39 is 11.5 Å². The molecule has 1 atom stereocenters. The van der Waals surface area contributed by atoms with E-state index in [1.807, 2.05) is 4.90 Å². The van der Waals surface area contributed by atoms with Crippen LogP contribution in [0, 0.1) is 11.9 Å². The van der Waals surface area contributed by atoms with Crippen LogP contribution in [-0.2, 0) is 4.79 Å². The average molecular weight is 366 g/mol. The van der Waals surface area contributed by atoms with Gasteiger partial charge >= 0.3 is 0 Å². The van der Waals surface area contributed by atoms with Gasteiger partial charge in [-0.25, -0.2) is 9.97 Å². The number of piperidine rings is 1. The van der Waals surface area contributed by atoms with Gasteiger partial charge in [0.25, 0.3) is 5.56 Å². The highest BCUT2D eigenvalue weighted by molar-refractivity contribution is 6.32. The van der Waals surface area contributed by atoms with E-state index in [1.54, 1.807) is 13.1 Å². The Kier molecular flexibility index (Phi) is 4.98. The van der Waals surface area contributed by atoms with Gasteiger partial charge in [-0.05, 0) is 18.9 Å². The van der Waals surface area contributed by atoms with Crippen LogP contribution in [0.15, 0.2) is 23.1 Å². The van der Waals surface area contributed by atoms with Gasteiger partial charge in [0.15, 0.2) is 5.82 Å². The molecular formula is C16H17ClFN5O2. The number of carbonyl (C=O) groups is 1. The molecule has 0 bridgehead atoms. The number of aromatic nitrogens is 3. The quantitative estimate of drug-likeness (QED) is 0.806. The lowest BCUT2D eigenvalue weighted by Crippen LogP contribution is -2.43. The third-order valence-corrected chi connectivity index (χ3v) is 4.52. The maximum absolute atomic E-state index is 13.4. The summed E-state index contributed by atoms with van der Waals surface area (Å²) >= 11 is 6.14. The van der Waals surface area contributed by atoms with Gasteiger partial charge in [0.05, 0.1) is 5.92 Å². The maximum Gasteiger partial charge on any atom is 0.272 e. The number of pyridine rings is 1. The fourth-order valence-electron chi connectivity index (χ4n) is 2.93. The number of halogens is 2. The number of H-pyrrole nitrogens is 1. The SMILES string of the molecule is CNC(=O)C1CCCN(c2nc(-c3ccnc(F)c3)[nH]c(=O)c2Cl)C1. The van der Waals surface area contributed by atoms with Crippen molar-refractivity contribution < 1.29 is 9.18 Å². The highest BCUT2D eigenvalue weighted by atomic mass is 35.5. The molecule has 2 aromatic rings. The summed E-state index contributed by atoms with van der Waals surface area (Å²) in [6.45, 7) is 1.05. The second kappa shape index (κ2) is 7.18. The molecule has 2 aromatic heterocycles. The van der Waals surface area contributed by atoms with Crippen LogP contribution in [0.3, 0.4) is 0 Å².